The molecule has 44 heavy (non-hydrogen) atoms. The lowest BCUT2D eigenvalue weighted by Crippen LogP contribution is -2.33. The molecule has 0 radical (unpaired) electrons. The SMILES string of the molecule is COc1cc2c(c(OC)c1OC)-c1ccc(NCC(=O)NCCOc3ccc4c(c3)OCO4)c(=O)cc1[C@H](NC(C)=O)CC2. The van der Waals surface area contributed by atoms with Gasteiger partial charge in [-0.2, -0.15) is 0 Å². The summed E-state index contributed by atoms with van der Waals surface area (Å²) in [5, 5.41) is 8.70. The van der Waals surface area contributed by atoms with Crippen molar-refractivity contribution in [2.75, 3.05) is 53.1 Å². The number of carbonyl (C=O) groups is 2. The van der Waals surface area contributed by atoms with E-state index in [-0.39, 0.29) is 49.4 Å². The monoisotopic (exact) mass is 605 g/mol. The van der Waals surface area contributed by atoms with Gasteiger partial charge in [0.1, 0.15) is 12.4 Å². The molecule has 0 bridgehead atoms. The molecular weight excluding hydrogens is 570 g/mol. The molecular formula is C32H35N3O9. The molecule has 1 aliphatic heterocycles. The van der Waals surface area contributed by atoms with Gasteiger partial charge >= 0.3 is 0 Å². The zero-order valence-electron chi connectivity index (χ0n) is 25.0. The molecule has 3 aromatic rings. The lowest BCUT2D eigenvalue weighted by molar-refractivity contribution is -0.120. The first-order valence-corrected chi connectivity index (χ1v) is 14.1. The summed E-state index contributed by atoms with van der Waals surface area (Å²) in [5.41, 5.74) is 2.90. The van der Waals surface area contributed by atoms with Gasteiger partial charge in [0.2, 0.25) is 29.8 Å². The van der Waals surface area contributed by atoms with E-state index in [2.05, 4.69) is 16.0 Å². The normalized spacial score (nSPS) is 14.3. The Morgan fingerprint density at radius 1 is 0.955 bits per heavy atom. The van der Waals surface area contributed by atoms with E-state index in [0.717, 1.165) is 11.1 Å². The van der Waals surface area contributed by atoms with Crippen LogP contribution in [0.25, 0.3) is 11.1 Å². The van der Waals surface area contributed by atoms with Crippen molar-refractivity contribution in [1.29, 1.82) is 0 Å². The van der Waals surface area contributed by atoms with E-state index in [1.54, 1.807) is 44.6 Å². The maximum atomic E-state index is 13.4. The largest absolute Gasteiger partial charge is 0.493 e. The predicted octanol–water partition coefficient (Wildman–Crippen LogP) is 3.20. The molecule has 12 heteroatoms. The van der Waals surface area contributed by atoms with Crippen molar-refractivity contribution < 1.29 is 38.0 Å². The molecule has 0 saturated heterocycles. The van der Waals surface area contributed by atoms with Gasteiger partial charge in [-0.15, -0.1) is 0 Å². The first-order valence-electron chi connectivity index (χ1n) is 14.1. The summed E-state index contributed by atoms with van der Waals surface area (Å²) in [6.07, 6.45) is 1.13. The fraction of sp³-hybridized carbons (Fsp3) is 0.344. The van der Waals surface area contributed by atoms with Gasteiger partial charge in [0.15, 0.2) is 23.0 Å². The number of hydrogen-bond donors (Lipinski definition) is 3. The van der Waals surface area contributed by atoms with Crippen molar-refractivity contribution in [3.8, 4) is 45.6 Å². The molecule has 1 atom stereocenters. The van der Waals surface area contributed by atoms with Crippen LogP contribution in [0.15, 0.2) is 47.3 Å². The molecule has 3 N–H and O–H groups in total. The molecule has 0 saturated carbocycles. The minimum absolute atomic E-state index is 0.131. The predicted molar refractivity (Wildman–Crippen MR) is 162 cm³/mol. The Morgan fingerprint density at radius 3 is 2.50 bits per heavy atom. The molecule has 2 amide bonds. The molecule has 1 aliphatic carbocycles. The summed E-state index contributed by atoms with van der Waals surface area (Å²) in [5.74, 6) is 2.74. The topological polar surface area (TPSA) is 143 Å². The van der Waals surface area contributed by atoms with Crippen LogP contribution in [-0.4, -0.2) is 59.6 Å². The Bertz CT molecular complexity index is 1630. The number of ether oxygens (including phenoxy) is 6. The van der Waals surface area contributed by atoms with Crippen LogP contribution in [0.5, 0.6) is 34.5 Å². The van der Waals surface area contributed by atoms with Gasteiger partial charge < -0.3 is 44.4 Å². The van der Waals surface area contributed by atoms with Crippen molar-refractivity contribution in [3.05, 3.63) is 63.8 Å². The summed E-state index contributed by atoms with van der Waals surface area (Å²) in [6.45, 7) is 1.99. The molecule has 1 heterocycles. The van der Waals surface area contributed by atoms with Crippen molar-refractivity contribution in [2.45, 2.75) is 25.8 Å². The lowest BCUT2D eigenvalue weighted by Gasteiger charge is -2.19. The Kier molecular flexibility index (Phi) is 9.27. The molecule has 5 rings (SSSR count). The molecule has 0 aromatic heterocycles. The molecule has 0 fully saturated rings. The third kappa shape index (κ3) is 6.43. The van der Waals surface area contributed by atoms with Gasteiger partial charge in [-0.05, 0) is 59.9 Å². The number of aryl methyl sites for hydroxylation is 1. The van der Waals surface area contributed by atoms with Crippen LogP contribution in [-0.2, 0) is 16.0 Å². The van der Waals surface area contributed by atoms with Crippen molar-refractivity contribution in [1.82, 2.24) is 10.6 Å². The van der Waals surface area contributed by atoms with E-state index in [9.17, 15) is 14.4 Å². The number of methoxy groups -OCH3 is 3. The molecule has 0 spiro atoms. The second-order valence-corrected chi connectivity index (χ2v) is 10.2. The number of rotatable bonds is 11. The first-order chi connectivity index (χ1) is 21.3. The van der Waals surface area contributed by atoms with Crippen LogP contribution in [0, 0.1) is 0 Å². The highest BCUT2D eigenvalue weighted by Crippen LogP contribution is 2.50. The zero-order chi connectivity index (χ0) is 31.2. The fourth-order valence-corrected chi connectivity index (χ4v) is 5.42. The average Bonchev–Trinajstić information content (AvgIpc) is 3.36. The van der Waals surface area contributed by atoms with E-state index in [1.807, 2.05) is 6.07 Å². The van der Waals surface area contributed by atoms with E-state index in [4.69, 9.17) is 28.4 Å². The fourth-order valence-electron chi connectivity index (χ4n) is 5.42. The van der Waals surface area contributed by atoms with Gasteiger partial charge in [0.25, 0.3) is 0 Å². The number of fused-ring (bicyclic) bond motifs is 4. The van der Waals surface area contributed by atoms with Crippen molar-refractivity contribution in [3.63, 3.8) is 0 Å². The standard InChI is InChI=1S/C32H35N3O9/c1-18(36)35-23-8-5-19-13-28(39-2)31(40-3)32(41-4)30(19)21-7-9-24(25(37)15-22(21)23)34-16-29(38)33-11-12-42-20-6-10-26-27(14-20)44-17-43-26/h6-7,9-10,13-15,23H,5,8,11-12,16-17H2,1-4H3,(H,33,38)(H,34,37)(H,35,36)/t23-/m1/s1. The molecule has 2 aliphatic rings. The number of nitrogens with one attached hydrogen (secondary N) is 3. The van der Waals surface area contributed by atoms with Gasteiger partial charge in [0, 0.05) is 18.6 Å². The quantitative estimate of drug-likeness (QED) is 0.279. The molecule has 12 nitrogen and oxygen atoms in total. The number of amides is 2. The molecule has 0 unspecified atom stereocenters. The minimum atomic E-state index is -0.433. The summed E-state index contributed by atoms with van der Waals surface area (Å²) < 4.78 is 33.3. The van der Waals surface area contributed by atoms with E-state index in [1.165, 1.54) is 20.1 Å². The van der Waals surface area contributed by atoms with Crippen LogP contribution < -0.4 is 49.8 Å². The van der Waals surface area contributed by atoms with Crippen LogP contribution in [0.2, 0.25) is 0 Å². The number of hydrogen-bond acceptors (Lipinski definition) is 10. The Hall–Kier alpha value is -5.13. The summed E-state index contributed by atoms with van der Waals surface area (Å²) in [7, 11) is 4.63. The second-order valence-electron chi connectivity index (χ2n) is 10.2. The third-order valence-corrected chi connectivity index (χ3v) is 7.39. The van der Waals surface area contributed by atoms with Gasteiger partial charge in [-0.3, -0.25) is 14.4 Å². The van der Waals surface area contributed by atoms with Gasteiger partial charge in [0.05, 0.1) is 46.1 Å². The Labute approximate surface area is 254 Å². The highest BCUT2D eigenvalue weighted by Gasteiger charge is 2.29. The maximum absolute atomic E-state index is 13.4. The zero-order valence-corrected chi connectivity index (χ0v) is 25.0. The number of anilines is 1. The first kappa shape index (κ1) is 30.3. The molecule has 232 valence electrons. The minimum Gasteiger partial charge on any atom is -0.493 e. The van der Waals surface area contributed by atoms with Gasteiger partial charge in [-0.25, -0.2) is 0 Å². The highest BCUT2D eigenvalue weighted by atomic mass is 16.7. The van der Waals surface area contributed by atoms with Crippen LogP contribution in [0.3, 0.4) is 0 Å². The van der Waals surface area contributed by atoms with E-state index < -0.39 is 6.04 Å². The van der Waals surface area contributed by atoms with Crippen LogP contribution in [0.1, 0.15) is 30.5 Å². The Balaban J connectivity index is 1.34. The van der Waals surface area contributed by atoms with Crippen LogP contribution in [0.4, 0.5) is 5.69 Å². The van der Waals surface area contributed by atoms with E-state index in [0.29, 0.717) is 58.5 Å². The van der Waals surface area contributed by atoms with Crippen molar-refractivity contribution >= 4 is 17.5 Å². The maximum Gasteiger partial charge on any atom is 0.239 e. The van der Waals surface area contributed by atoms with E-state index >= 15 is 0 Å². The van der Waals surface area contributed by atoms with Crippen molar-refractivity contribution in [2.24, 2.45) is 0 Å². The van der Waals surface area contributed by atoms with Gasteiger partial charge in [-0.1, -0.05) is 6.07 Å². The highest BCUT2D eigenvalue weighted by molar-refractivity contribution is 5.84. The smallest absolute Gasteiger partial charge is 0.239 e. The lowest BCUT2D eigenvalue weighted by atomic mass is 9.95. The summed E-state index contributed by atoms with van der Waals surface area (Å²) >= 11 is 0. The number of carbonyl (C=O) groups excluding carboxylic acids is 2. The molecule has 3 aromatic carbocycles. The second kappa shape index (κ2) is 13.4. The van der Waals surface area contributed by atoms with Crippen LogP contribution >= 0.6 is 0 Å². The summed E-state index contributed by atoms with van der Waals surface area (Å²) in [4.78, 5) is 38.1. The average molecular weight is 606 g/mol. The summed E-state index contributed by atoms with van der Waals surface area (Å²) in [6, 6.07) is 11.6. The number of benzene rings is 2. The third-order valence-electron chi connectivity index (χ3n) is 7.39. The Morgan fingerprint density at radius 2 is 1.75 bits per heavy atom.